The maximum atomic E-state index is 11.7. The molecule has 0 unspecified atom stereocenters. The van der Waals surface area contributed by atoms with Gasteiger partial charge in [-0.2, -0.15) is 0 Å². The number of hydrogen-bond donors (Lipinski definition) is 1. The molecular formula is C11H11ClN2O2. The number of rotatable bonds is 2. The molecule has 0 saturated heterocycles. The summed E-state index contributed by atoms with van der Waals surface area (Å²) in [4.78, 5) is 16.5. The number of anilines is 1. The minimum Gasteiger partial charge on any atom is -0.395 e. The molecule has 84 valence electrons. The van der Waals surface area contributed by atoms with Crippen molar-refractivity contribution in [1.82, 2.24) is 0 Å². The SMILES string of the molecule is Cc1cc(Cl)ccc1NC(=O)C1=NOCC1. The van der Waals surface area contributed by atoms with Gasteiger partial charge in [0.1, 0.15) is 12.3 Å². The smallest absolute Gasteiger partial charge is 0.273 e. The monoisotopic (exact) mass is 238 g/mol. The average Bonchev–Trinajstić information content (AvgIpc) is 2.75. The van der Waals surface area contributed by atoms with Crippen LogP contribution in [-0.2, 0) is 9.63 Å². The number of aryl methyl sites for hydroxylation is 1. The summed E-state index contributed by atoms with van der Waals surface area (Å²) in [7, 11) is 0. The number of nitrogens with zero attached hydrogens (tertiary/aromatic N) is 1. The molecule has 1 heterocycles. The number of benzene rings is 1. The van der Waals surface area contributed by atoms with Crippen LogP contribution in [0.3, 0.4) is 0 Å². The Morgan fingerprint density at radius 1 is 1.56 bits per heavy atom. The first-order valence-electron chi connectivity index (χ1n) is 4.93. The van der Waals surface area contributed by atoms with Crippen molar-refractivity contribution < 1.29 is 9.63 Å². The van der Waals surface area contributed by atoms with E-state index < -0.39 is 0 Å². The molecule has 0 saturated carbocycles. The molecule has 16 heavy (non-hydrogen) atoms. The highest BCUT2D eigenvalue weighted by atomic mass is 35.5. The van der Waals surface area contributed by atoms with Gasteiger partial charge in [0.2, 0.25) is 0 Å². The maximum Gasteiger partial charge on any atom is 0.273 e. The van der Waals surface area contributed by atoms with Crippen LogP contribution < -0.4 is 5.32 Å². The van der Waals surface area contributed by atoms with Crippen LogP contribution in [0.5, 0.6) is 0 Å². The molecule has 1 aromatic carbocycles. The summed E-state index contributed by atoms with van der Waals surface area (Å²) in [5.74, 6) is -0.220. The Kier molecular flexibility index (Phi) is 3.10. The van der Waals surface area contributed by atoms with E-state index in [-0.39, 0.29) is 5.91 Å². The largest absolute Gasteiger partial charge is 0.395 e. The lowest BCUT2D eigenvalue weighted by Gasteiger charge is -2.07. The fourth-order valence-corrected chi connectivity index (χ4v) is 1.65. The van der Waals surface area contributed by atoms with Crippen LogP contribution in [0.15, 0.2) is 23.4 Å². The van der Waals surface area contributed by atoms with Gasteiger partial charge in [0.05, 0.1) is 0 Å². The normalized spacial score (nSPS) is 14.2. The number of amides is 1. The van der Waals surface area contributed by atoms with Gasteiger partial charge >= 0.3 is 0 Å². The molecule has 1 aromatic rings. The van der Waals surface area contributed by atoms with Gasteiger partial charge in [-0.15, -0.1) is 0 Å². The molecule has 0 aromatic heterocycles. The summed E-state index contributed by atoms with van der Waals surface area (Å²) in [6.07, 6.45) is 0.554. The zero-order valence-electron chi connectivity index (χ0n) is 8.79. The predicted molar refractivity (Wildman–Crippen MR) is 62.8 cm³/mol. The predicted octanol–water partition coefficient (Wildman–Crippen LogP) is 2.36. The Labute approximate surface area is 98.2 Å². The van der Waals surface area contributed by atoms with Crippen LogP contribution in [0.2, 0.25) is 5.02 Å². The molecule has 1 aliphatic rings. The van der Waals surface area contributed by atoms with Crippen molar-refractivity contribution in [1.29, 1.82) is 0 Å². The van der Waals surface area contributed by atoms with Crippen LogP contribution >= 0.6 is 11.6 Å². The van der Waals surface area contributed by atoms with Gasteiger partial charge in [-0.3, -0.25) is 4.79 Å². The van der Waals surface area contributed by atoms with E-state index in [1.54, 1.807) is 18.2 Å². The molecule has 1 N–H and O–H groups in total. The van der Waals surface area contributed by atoms with Gasteiger partial charge in [0, 0.05) is 17.1 Å². The lowest BCUT2D eigenvalue weighted by molar-refractivity contribution is -0.110. The van der Waals surface area contributed by atoms with E-state index in [2.05, 4.69) is 10.5 Å². The Bertz CT molecular complexity index is 457. The average molecular weight is 239 g/mol. The van der Waals surface area contributed by atoms with Gasteiger partial charge in [-0.05, 0) is 30.7 Å². The van der Waals surface area contributed by atoms with Crippen LogP contribution in [0.1, 0.15) is 12.0 Å². The number of hydrogen-bond acceptors (Lipinski definition) is 3. The van der Waals surface area contributed by atoms with E-state index in [9.17, 15) is 4.79 Å². The van der Waals surface area contributed by atoms with Crippen molar-refractivity contribution in [3.8, 4) is 0 Å². The molecule has 5 heteroatoms. The van der Waals surface area contributed by atoms with Crippen molar-refractivity contribution in [2.45, 2.75) is 13.3 Å². The first-order chi connectivity index (χ1) is 7.66. The van der Waals surface area contributed by atoms with Crippen LogP contribution in [-0.4, -0.2) is 18.2 Å². The molecule has 0 spiro atoms. The van der Waals surface area contributed by atoms with Crippen molar-refractivity contribution in [2.24, 2.45) is 5.16 Å². The third-order valence-electron chi connectivity index (χ3n) is 2.30. The first kappa shape index (κ1) is 11.0. The third-order valence-corrected chi connectivity index (χ3v) is 2.54. The van der Waals surface area contributed by atoms with E-state index in [4.69, 9.17) is 16.4 Å². The summed E-state index contributed by atoms with van der Waals surface area (Å²) in [6, 6.07) is 5.30. The van der Waals surface area contributed by atoms with E-state index >= 15 is 0 Å². The number of oxime groups is 1. The summed E-state index contributed by atoms with van der Waals surface area (Å²) in [5, 5.41) is 7.08. The summed E-state index contributed by atoms with van der Waals surface area (Å²) in [6.45, 7) is 2.36. The molecule has 2 rings (SSSR count). The van der Waals surface area contributed by atoms with Gasteiger partial charge in [-0.1, -0.05) is 16.8 Å². The fraction of sp³-hybridized carbons (Fsp3) is 0.273. The zero-order valence-corrected chi connectivity index (χ0v) is 9.54. The topological polar surface area (TPSA) is 50.7 Å². The van der Waals surface area contributed by atoms with E-state index in [0.717, 1.165) is 11.3 Å². The highest BCUT2D eigenvalue weighted by molar-refractivity contribution is 6.43. The second kappa shape index (κ2) is 4.53. The van der Waals surface area contributed by atoms with E-state index in [0.29, 0.717) is 23.8 Å². The molecule has 4 nitrogen and oxygen atoms in total. The molecule has 0 radical (unpaired) electrons. The standard InChI is InChI=1S/C11H11ClN2O2/c1-7-6-8(12)2-3-9(7)13-11(15)10-4-5-16-14-10/h2-3,6H,4-5H2,1H3,(H,13,15). The molecular weight excluding hydrogens is 228 g/mol. The van der Waals surface area contributed by atoms with Crippen molar-refractivity contribution in [3.63, 3.8) is 0 Å². The molecule has 0 atom stereocenters. The van der Waals surface area contributed by atoms with E-state index in [1.165, 1.54) is 0 Å². The molecule has 0 fully saturated rings. The molecule has 0 aliphatic carbocycles. The zero-order chi connectivity index (χ0) is 11.5. The van der Waals surface area contributed by atoms with Crippen molar-refractivity contribution >= 4 is 28.9 Å². The Morgan fingerprint density at radius 3 is 3.00 bits per heavy atom. The molecule has 0 bridgehead atoms. The van der Waals surface area contributed by atoms with Gasteiger partial charge in [0.15, 0.2) is 0 Å². The fourth-order valence-electron chi connectivity index (χ4n) is 1.43. The maximum absolute atomic E-state index is 11.7. The highest BCUT2D eigenvalue weighted by Gasteiger charge is 2.17. The minimum atomic E-state index is -0.220. The number of carbonyl (C=O) groups is 1. The van der Waals surface area contributed by atoms with Crippen LogP contribution in [0.4, 0.5) is 5.69 Å². The van der Waals surface area contributed by atoms with Crippen molar-refractivity contribution in [3.05, 3.63) is 28.8 Å². The number of nitrogens with one attached hydrogen (secondary N) is 1. The lowest BCUT2D eigenvalue weighted by atomic mass is 10.2. The summed E-state index contributed by atoms with van der Waals surface area (Å²) in [5.41, 5.74) is 2.08. The van der Waals surface area contributed by atoms with Gasteiger partial charge < -0.3 is 10.2 Å². The number of carbonyl (C=O) groups excluding carboxylic acids is 1. The van der Waals surface area contributed by atoms with Crippen molar-refractivity contribution in [2.75, 3.05) is 11.9 Å². The number of halogens is 1. The Morgan fingerprint density at radius 2 is 2.38 bits per heavy atom. The first-order valence-corrected chi connectivity index (χ1v) is 5.31. The third kappa shape index (κ3) is 2.33. The van der Waals surface area contributed by atoms with Gasteiger partial charge in [0.25, 0.3) is 5.91 Å². The Balaban J connectivity index is 2.11. The summed E-state index contributed by atoms with van der Waals surface area (Å²) < 4.78 is 0. The van der Waals surface area contributed by atoms with E-state index in [1.807, 2.05) is 6.92 Å². The summed E-state index contributed by atoms with van der Waals surface area (Å²) >= 11 is 5.82. The van der Waals surface area contributed by atoms with Crippen LogP contribution in [0, 0.1) is 6.92 Å². The second-order valence-corrected chi connectivity index (χ2v) is 3.97. The Hall–Kier alpha value is -1.55. The minimum absolute atomic E-state index is 0.220. The molecule has 1 amide bonds. The molecule has 1 aliphatic heterocycles. The second-order valence-electron chi connectivity index (χ2n) is 3.53. The quantitative estimate of drug-likeness (QED) is 0.860. The van der Waals surface area contributed by atoms with Gasteiger partial charge in [-0.25, -0.2) is 0 Å². The highest BCUT2D eigenvalue weighted by Crippen LogP contribution is 2.19. The lowest BCUT2D eigenvalue weighted by Crippen LogP contribution is -2.21. The van der Waals surface area contributed by atoms with Crippen LogP contribution in [0.25, 0.3) is 0 Å².